The molecular weight excluding hydrogens is 284 g/mol. The van der Waals surface area contributed by atoms with Gasteiger partial charge in [0.15, 0.2) is 8.32 Å². The Kier molecular flexibility index (Phi) is 5.23. The van der Waals surface area contributed by atoms with Gasteiger partial charge in [0, 0.05) is 5.56 Å². The smallest absolute Gasteiger partial charge is 0.185 e. The Hall–Kier alpha value is -1.82. The molecular formula is C20H24OSi. The van der Waals surface area contributed by atoms with Gasteiger partial charge in [-0.3, -0.25) is 0 Å². The number of benzene rings is 2. The van der Waals surface area contributed by atoms with E-state index in [2.05, 4.69) is 63.5 Å². The SMILES string of the molecule is Cc1cccc(C)c1C(C#Cc1ccccc1)O[Si](C)(C)C. The molecule has 0 amide bonds. The molecule has 0 aliphatic carbocycles. The molecule has 2 aromatic carbocycles. The topological polar surface area (TPSA) is 9.23 Å². The van der Waals surface area contributed by atoms with Crippen LogP contribution in [0.2, 0.25) is 19.6 Å². The summed E-state index contributed by atoms with van der Waals surface area (Å²) in [4.78, 5) is 0. The highest BCUT2D eigenvalue weighted by atomic mass is 28.4. The summed E-state index contributed by atoms with van der Waals surface area (Å²) in [5.74, 6) is 6.62. The first-order valence-electron chi connectivity index (χ1n) is 7.67. The van der Waals surface area contributed by atoms with E-state index >= 15 is 0 Å². The van der Waals surface area contributed by atoms with E-state index < -0.39 is 8.32 Å². The summed E-state index contributed by atoms with van der Waals surface area (Å²) in [5, 5.41) is 0. The van der Waals surface area contributed by atoms with Crippen LogP contribution in [0, 0.1) is 25.7 Å². The molecule has 0 N–H and O–H groups in total. The van der Waals surface area contributed by atoms with Crippen molar-refractivity contribution >= 4 is 8.32 Å². The van der Waals surface area contributed by atoms with Crippen molar-refractivity contribution < 1.29 is 4.43 Å². The molecule has 22 heavy (non-hydrogen) atoms. The van der Waals surface area contributed by atoms with E-state index in [1.807, 2.05) is 30.3 Å². The normalized spacial score (nSPS) is 12.4. The van der Waals surface area contributed by atoms with Crippen LogP contribution < -0.4 is 0 Å². The average Bonchev–Trinajstić information content (AvgIpc) is 2.44. The molecule has 0 radical (unpaired) electrons. The van der Waals surface area contributed by atoms with E-state index in [4.69, 9.17) is 4.43 Å². The van der Waals surface area contributed by atoms with Gasteiger partial charge < -0.3 is 4.43 Å². The Morgan fingerprint density at radius 1 is 0.864 bits per heavy atom. The van der Waals surface area contributed by atoms with Crippen LogP contribution in [0.5, 0.6) is 0 Å². The first kappa shape index (κ1) is 16.5. The Morgan fingerprint density at radius 2 is 1.45 bits per heavy atom. The third-order valence-corrected chi connectivity index (χ3v) is 4.34. The van der Waals surface area contributed by atoms with Crippen LogP contribution in [0.3, 0.4) is 0 Å². The van der Waals surface area contributed by atoms with E-state index in [-0.39, 0.29) is 6.10 Å². The zero-order valence-electron chi connectivity index (χ0n) is 14.1. The van der Waals surface area contributed by atoms with E-state index in [0.29, 0.717) is 0 Å². The lowest BCUT2D eigenvalue weighted by molar-refractivity contribution is 0.256. The van der Waals surface area contributed by atoms with Crippen molar-refractivity contribution in [3.8, 4) is 11.8 Å². The second kappa shape index (κ2) is 6.96. The quantitative estimate of drug-likeness (QED) is 0.556. The third kappa shape index (κ3) is 4.59. The minimum absolute atomic E-state index is 0.159. The fraction of sp³-hybridized carbons (Fsp3) is 0.300. The monoisotopic (exact) mass is 308 g/mol. The molecule has 0 spiro atoms. The summed E-state index contributed by atoms with van der Waals surface area (Å²) in [7, 11) is -1.69. The standard InChI is InChI=1S/C20H24OSi/c1-16-10-9-11-17(2)20(16)19(21-22(3,4)5)15-14-18-12-7-6-8-13-18/h6-13,19H,1-5H3. The van der Waals surface area contributed by atoms with Gasteiger partial charge in [-0.05, 0) is 62.3 Å². The van der Waals surface area contributed by atoms with Gasteiger partial charge in [-0.2, -0.15) is 0 Å². The van der Waals surface area contributed by atoms with Gasteiger partial charge in [0.1, 0.15) is 6.10 Å². The van der Waals surface area contributed by atoms with Crippen LogP contribution in [-0.2, 0) is 4.43 Å². The number of hydrogen-bond donors (Lipinski definition) is 0. The Bertz CT molecular complexity index is 667. The molecule has 0 aromatic heterocycles. The molecule has 1 atom stereocenters. The molecule has 114 valence electrons. The lowest BCUT2D eigenvalue weighted by Crippen LogP contribution is -2.28. The minimum atomic E-state index is -1.69. The molecule has 0 saturated carbocycles. The maximum atomic E-state index is 6.37. The lowest BCUT2D eigenvalue weighted by Gasteiger charge is -2.25. The van der Waals surface area contributed by atoms with Gasteiger partial charge >= 0.3 is 0 Å². The Morgan fingerprint density at radius 3 is 2.00 bits per heavy atom. The third-order valence-electron chi connectivity index (χ3n) is 3.40. The van der Waals surface area contributed by atoms with E-state index in [9.17, 15) is 0 Å². The predicted molar refractivity (Wildman–Crippen MR) is 96.4 cm³/mol. The van der Waals surface area contributed by atoms with Gasteiger partial charge in [0.25, 0.3) is 0 Å². The molecule has 0 saturated heterocycles. The maximum Gasteiger partial charge on any atom is 0.185 e. The van der Waals surface area contributed by atoms with Crippen molar-refractivity contribution in [2.45, 2.75) is 39.6 Å². The van der Waals surface area contributed by atoms with Gasteiger partial charge in [0.05, 0.1) is 0 Å². The summed E-state index contributed by atoms with van der Waals surface area (Å²) in [6.07, 6.45) is -0.159. The largest absolute Gasteiger partial charge is 0.400 e. The summed E-state index contributed by atoms with van der Waals surface area (Å²) in [6, 6.07) is 16.4. The number of aryl methyl sites for hydroxylation is 2. The number of hydrogen-bond acceptors (Lipinski definition) is 1. The summed E-state index contributed by atoms with van der Waals surface area (Å²) < 4.78 is 6.37. The Balaban J connectivity index is 2.42. The van der Waals surface area contributed by atoms with Crippen LogP contribution in [-0.4, -0.2) is 8.32 Å². The van der Waals surface area contributed by atoms with E-state index in [1.165, 1.54) is 16.7 Å². The molecule has 0 bridgehead atoms. The highest BCUT2D eigenvalue weighted by molar-refractivity contribution is 6.69. The highest BCUT2D eigenvalue weighted by Crippen LogP contribution is 2.27. The average molecular weight is 308 g/mol. The van der Waals surface area contributed by atoms with Crippen molar-refractivity contribution in [2.75, 3.05) is 0 Å². The van der Waals surface area contributed by atoms with Crippen molar-refractivity contribution in [1.29, 1.82) is 0 Å². The molecule has 2 rings (SSSR count). The van der Waals surface area contributed by atoms with Gasteiger partial charge in [0.2, 0.25) is 0 Å². The molecule has 0 aliphatic heterocycles. The fourth-order valence-corrected chi connectivity index (χ4v) is 3.31. The first-order chi connectivity index (χ1) is 10.4. The van der Waals surface area contributed by atoms with Crippen LogP contribution >= 0.6 is 0 Å². The van der Waals surface area contributed by atoms with Crippen LogP contribution in [0.4, 0.5) is 0 Å². The van der Waals surface area contributed by atoms with Crippen molar-refractivity contribution in [2.24, 2.45) is 0 Å². The molecule has 0 heterocycles. The summed E-state index contributed by atoms with van der Waals surface area (Å²) >= 11 is 0. The fourth-order valence-electron chi connectivity index (χ4n) is 2.43. The molecule has 0 aliphatic rings. The number of rotatable bonds is 3. The van der Waals surface area contributed by atoms with Gasteiger partial charge in [-0.25, -0.2) is 0 Å². The highest BCUT2D eigenvalue weighted by Gasteiger charge is 2.23. The van der Waals surface area contributed by atoms with E-state index in [0.717, 1.165) is 5.56 Å². The van der Waals surface area contributed by atoms with Crippen molar-refractivity contribution in [1.82, 2.24) is 0 Å². The second-order valence-corrected chi connectivity index (χ2v) is 11.0. The minimum Gasteiger partial charge on any atom is -0.400 e. The zero-order valence-corrected chi connectivity index (χ0v) is 15.1. The van der Waals surface area contributed by atoms with Crippen molar-refractivity contribution in [3.63, 3.8) is 0 Å². The maximum absolute atomic E-state index is 6.37. The molecule has 1 unspecified atom stereocenters. The second-order valence-electron chi connectivity index (χ2n) is 6.55. The molecule has 2 heteroatoms. The van der Waals surface area contributed by atoms with Crippen LogP contribution in [0.15, 0.2) is 48.5 Å². The molecule has 1 nitrogen and oxygen atoms in total. The van der Waals surface area contributed by atoms with E-state index in [1.54, 1.807) is 0 Å². The first-order valence-corrected chi connectivity index (χ1v) is 11.1. The molecule has 2 aromatic rings. The van der Waals surface area contributed by atoms with Crippen LogP contribution in [0.1, 0.15) is 28.4 Å². The van der Waals surface area contributed by atoms with Crippen LogP contribution in [0.25, 0.3) is 0 Å². The van der Waals surface area contributed by atoms with Crippen molar-refractivity contribution in [3.05, 3.63) is 70.8 Å². The van der Waals surface area contributed by atoms with Gasteiger partial charge in [-0.15, -0.1) is 0 Å². The summed E-state index contributed by atoms with van der Waals surface area (Å²) in [6.45, 7) is 10.9. The summed E-state index contributed by atoms with van der Waals surface area (Å²) in [5.41, 5.74) is 4.72. The van der Waals surface area contributed by atoms with Gasteiger partial charge in [-0.1, -0.05) is 48.2 Å². The Labute approximate surface area is 135 Å². The lowest BCUT2D eigenvalue weighted by atomic mass is 9.98. The zero-order chi connectivity index (χ0) is 16.2. The molecule has 0 fully saturated rings. The predicted octanol–water partition coefficient (Wildman–Crippen LogP) is 5.25.